The maximum atomic E-state index is 12.3. The maximum absolute atomic E-state index is 12.3. The third-order valence-electron chi connectivity index (χ3n) is 4.23. The Hall–Kier alpha value is -2.04. The van der Waals surface area contributed by atoms with Crippen molar-refractivity contribution in [1.82, 2.24) is 5.32 Å². The van der Waals surface area contributed by atoms with Crippen LogP contribution in [0.2, 0.25) is 0 Å². The van der Waals surface area contributed by atoms with E-state index in [0.717, 1.165) is 30.5 Å². The molecule has 1 aliphatic carbocycles. The normalized spacial score (nSPS) is 23.4. The molecule has 5 nitrogen and oxygen atoms in total. The molecule has 1 aromatic carbocycles. The van der Waals surface area contributed by atoms with Gasteiger partial charge in [0.2, 0.25) is 0 Å². The Bertz CT molecular complexity index is 570. The summed E-state index contributed by atoms with van der Waals surface area (Å²) < 4.78 is 0. The number of aromatic carboxylic acids is 1. The van der Waals surface area contributed by atoms with Gasteiger partial charge in [0.05, 0.1) is 5.56 Å². The summed E-state index contributed by atoms with van der Waals surface area (Å²) >= 11 is 0. The van der Waals surface area contributed by atoms with Crippen molar-refractivity contribution in [3.05, 3.63) is 29.3 Å². The summed E-state index contributed by atoms with van der Waals surface area (Å²) in [6.07, 6.45) is 2.92. The van der Waals surface area contributed by atoms with Crippen LogP contribution in [0.15, 0.2) is 18.2 Å². The van der Waals surface area contributed by atoms with Crippen molar-refractivity contribution in [2.24, 2.45) is 5.92 Å². The third kappa shape index (κ3) is 2.24. The lowest BCUT2D eigenvalue weighted by atomic mass is 10.1. The number of carboxylic acids is 1. The van der Waals surface area contributed by atoms with E-state index in [4.69, 9.17) is 5.11 Å². The summed E-state index contributed by atoms with van der Waals surface area (Å²) in [6.45, 7) is 2.74. The average Bonchev–Trinajstić information content (AvgIpc) is 3.04. The highest BCUT2D eigenvalue weighted by Crippen LogP contribution is 2.34. The second-order valence-electron chi connectivity index (χ2n) is 5.51. The van der Waals surface area contributed by atoms with Gasteiger partial charge in [-0.05, 0) is 36.5 Å². The zero-order valence-electron chi connectivity index (χ0n) is 11.4. The molecular weight excluding hydrogens is 256 g/mol. The lowest BCUT2D eigenvalue weighted by molar-refractivity contribution is 0.0697. The van der Waals surface area contributed by atoms with Crippen LogP contribution in [0.3, 0.4) is 0 Å². The zero-order chi connectivity index (χ0) is 14.3. The van der Waals surface area contributed by atoms with Crippen molar-refractivity contribution in [2.45, 2.75) is 32.2 Å². The molecule has 20 heavy (non-hydrogen) atoms. The van der Waals surface area contributed by atoms with Crippen molar-refractivity contribution >= 4 is 17.7 Å². The highest BCUT2D eigenvalue weighted by molar-refractivity contribution is 5.97. The molecule has 0 aromatic heterocycles. The van der Waals surface area contributed by atoms with Gasteiger partial charge in [0.1, 0.15) is 0 Å². The van der Waals surface area contributed by atoms with E-state index in [0.29, 0.717) is 18.5 Å². The molecule has 0 spiro atoms. The topological polar surface area (TPSA) is 69.6 Å². The number of urea groups is 1. The highest BCUT2D eigenvalue weighted by atomic mass is 16.4. The Morgan fingerprint density at radius 3 is 2.90 bits per heavy atom. The van der Waals surface area contributed by atoms with Crippen LogP contribution in [0, 0.1) is 5.92 Å². The molecule has 1 heterocycles. The van der Waals surface area contributed by atoms with Gasteiger partial charge < -0.3 is 10.4 Å². The third-order valence-corrected chi connectivity index (χ3v) is 4.23. The molecule has 0 bridgehead atoms. The SMILES string of the molecule is CCC1CC1NC(=O)N1CCc2ccc(C(=O)O)cc21. The predicted molar refractivity (Wildman–Crippen MR) is 75.2 cm³/mol. The van der Waals surface area contributed by atoms with Crippen molar-refractivity contribution < 1.29 is 14.7 Å². The van der Waals surface area contributed by atoms with Crippen LogP contribution in [0.1, 0.15) is 35.7 Å². The number of hydrogen-bond donors (Lipinski definition) is 2. The first-order chi connectivity index (χ1) is 9.60. The minimum absolute atomic E-state index is 0.104. The molecule has 1 aromatic rings. The van der Waals surface area contributed by atoms with E-state index < -0.39 is 5.97 Å². The molecule has 2 atom stereocenters. The quantitative estimate of drug-likeness (QED) is 0.888. The number of nitrogens with one attached hydrogen (secondary N) is 1. The van der Waals surface area contributed by atoms with E-state index in [-0.39, 0.29) is 11.6 Å². The van der Waals surface area contributed by atoms with Crippen LogP contribution in [0.25, 0.3) is 0 Å². The maximum Gasteiger partial charge on any atom is 0.335 e. The average molecular weight is 274 g/mol. The molecule has 0 radical (unpaired) electrons. The standard InChI is InChI=1S/C15H18N2O3/c1-2-9-7-12(9)16-15(20)17-6-5-10-3-4-11(14(18)19)8-13(10)17/h3-4,8-9,12H,2,5-7H2,1H3,(H,16,20)(H,18,19). The lowest BCUT2D eigenvalue weighted by Gasteiger charge is -2.18. The largest absolute Gasteiger partial charge is 0.478 e. The number of benzene rings is 1. The fourth-order valence-corrected chi connectivity index (χ4v) is 2.84. The van der Waals surface area contributed by atoms with Gasteiger partial charge in [-0.15, -0.1) is 0 Å². The molecule has 1 aliphatic heterocycles. The van der Waals surface area contributed by atoms with Gasteiger partial charge in [0.25, 0.3) is 0 Å². The summed E-state index contributed by atoms with van der Waals surface area (Å²) in [5.41, 5.74) is 1.99. The first-order valence-electron chi connectivity index (χ1n) is 7.04. The van der Waals surface area contributed by atoms with E-state index >= 15 is 0 Å². The van der Waals surface area contributed by atoms with Gasteiger partial charge in [0, 0.05) is 18.3 Å². The van der Waals surface area contributed by atoms with E-state index in [9.17, 15) is 9.59 Å². The predicted octanol–water partition coefficient (Wildman–Crippen LogP) is 2.26. The second-order valence-corrected chi connectivity index (χ2v) is 5.51. The Labute approximate surface area is 117 Å². The Kier molecular flexibility index (Phi) is 3.12. The van der Waals surface area contributed by atoms with E-state index in [1.54, 1.807) is 23.1 Å². The van der Waals surface area contributed by atoms with Crippen LogP contribution < -0.4 is 10.2 Å². The molecule has 1 saturated carbocycles. The molecule has 1 fully saturated rings. The van der Waals surface area contributed by atoms with E-state index in [1.165, 1.54) is 0 Å². The lowest BCUT2D eigenvalue weighted by Crippen LogP contribution is -2.40. The Morgan fingerprint density at radius 2 is 2.25 bits per heavy atom. The molecule has 5 heteroatoms. The second kappa shape index (κ2) is 4.81. The highest BCUT2D eigenvalue weighted by Gasteiger charge is 2.38. The summed E-state index contributed by atoms with van der Waals surface area (Å²) in [7, 11) is 0. The molecule has 2 N–H and O–H groups in total. The number of fused-ring (bicyclic) bond motifs is 1. The fourth-order valence-electron chi connectivity index (χ4n) is 2.84. The molecule has 3 rings (SSSR count). The van der Waals surface area contributed by atoms with E-state index in [2.05, 4.69) is 12.2 Å². The molecule has 0 saturated heterocycles. The van der Waals surface area contributed by atoms with Crippen LogP contribution in [-0.2, 0) is 6.42 Å². The van der Waals surface area contributed by atoms with Gasteiger partial charge in [-0.3, -0.25) is 4.90 Å². The van der Waals surface area contributed by atoms with Crippen LogP contribution >= 0.6 is 0 Å². The van der Waals surface area contributed by atoms with Gasteiger partial charge in [0.15, 0.2) is 0 Å². The minimum atomic E-state index is -0.965. The van der Waals surface area contributed by atoms with Crippen molar-refractivity contribution in [2.75, 3.05) is 11.4 Å². The van der Waals surface area contributed by atoms with Crippen LogP contribution in [0.4, 0.5) is 10.5 Å². The van der Waals surface area contributed by atoms with Gasteiger partial charge in [-0.2, -0.15) is 0 Å². The van der Waals surface area contributed by atoms with Gasteiger partial charge >= 0.3 is 12.0 Å². The number of rotatable bonds is 3. The monoisotopic (exact) mass is 274 g/mol. The van der Waals surface area contributed by atoms with Gasteiger partial charge in [-0.25, -0.2) is 9.59 Å². The number of anilines is 1. The summed E-state index contributed by atoms with van der Waals surface area (Å²) in [4.78, 5) is 25.0. The van der Waals surface area contributed by atoms with Crippen molar-refractivity contribution in [1.29, 1.82) is 0 Å². The Balaban J connectivity index is 1.76. The fraction of sp³-hybridized carbons (Fsp3) is 0.467. The zero-order valence-corrected chi connectivity index (χ0v) is 11.4. The molecule has 2 amide bonds. The first-order valence-corrected chi connectivity index (χ1v) is 7.04. The molecule has 2 aliphatic rings. The summed E-state index contributed by atoms with van der Waals surface area (Å²) in [5, 5.41) is 12.1. The summed E-state index contributed by atoms with van der Waals surface area (Å²) in [6, 6.07) is 5.18. The molecular formula is C15H18N2O3. The number of hydrogen-bond acceptors (Lipinski definition) is 2. The van der Waals surface area contributed by atoms with E-state index in [1.807, 2.05) is 0 Å². The molecule has 106 valence electrons. The Morgan fingerprint density at radius 1 is 1.45 bits per heavy atom. The van der Waals surface area contributed by atoms with Crippen molar-refractivity contribution in [3.63, 3.8) is 0 Å². The van der Waals surface area contributed by atoms with Crippen molar-refractivity contribution in [3.8, 4) is 0 Å². The number of carboxylic acid groups (broad SMARTS) is 1. The first kappa shape index (κ1) is 13.0. The summed E-state index contributed by atoms with van der Waals surface area (Å²) in [5.74, 6) is -0.361. The minimum Gasteiger partial charge on any atom is -0.478 e. The molecule has 2 unspecified atom stereocenters. The van der Waals surface area contributed by atoms with Crippen LogP contribution in [0.5, 0.6) is 0 Å². The van der Waals surface area contributed by atoms with Gasteiger partial charge in [-0.1, -0.05) is 19.4 Å². The number of carbonyl (C=O) groups excluding carboxylic acids is 1. The smallest absolute Gasteiger partial charge is 0.335 e. The number of amides is 2. The number of nitrogens with zero attached hydrogens (tertiary/aromatic N) is 1. The van der Waals surface area contributed by atoms with Crippen LogP contribution in [-0.4, -0.2) is 29.7 Å². The number of carbonyl (C=O) groups is 2.